The summed E-state index contributed by atoms with van der Waals surface area (Å²) in [5.41, 5.74) is 0.425. The average Bonchev–Trinajstić information content (AvgIpc) is 2.33. The van der Waals surface area contributed by atoms with Crippen molar-refractivity contribution in [2.24, 2.45) is 0 Å². The van der Waals surface area contributed by atoms with E-state index in [1.54, 1.807) is 24.5 Å². The van der Waals surface area contributed by atoms with E-state index in [9.17, 15) is 4.79 Å². The second-order valence-electron chi connectivity index (χ2n) is 5.09. The topological polar surface area (TPSA) is 42.4 Å². The second-order valence-corrected chi connectivity index (χ2v) is 5.09. The van der Waals surface area contributed by atoms with Crippen LogP contribution in [0.1, 0.15) is 31.1 Å². The maximum atomic E-state index is 12.4. The van der Waals surface area contributed by atoms with Gasteiger partial charge in [-0.25, -0.2) is 0 Å². The van der Waals surface area contributed by atoms with Gasteiger partial charge in [0.05, 0.1) is 18.2 Å². The normalized spacial score (nSPS) is 23.5. The van der Waals surface area contributed by atoms with E-state index in [1.165, 1.54) is 0 Å². The molecule has 2 heterocycles. The molecule has 4 nitrogen and oxygen atoms in total. The molecular weight excluding hydrogens is 216 g/mol. The van der Waals surface area contributed by atoms with Crippen LogP contribution in [-0.4, -0.2) is 40.6 Å². The Morgan fingerprint density at radius 2 is 2.12 bits per heavy atom. The Kier molecular flexibility index (Phi) is 3.15. The number of nitrogens with zero attached hydrogens (tertiary/aromatic N) is 2. The second kappa shape index (κ2) is 4.45. The molecule has 0 radical (unpaired) electrons. The first-order valence-electron chi connectivity index (χ1n) is 5.84. The standard InChI is InChI=1S/C13H18N2O2/c1-10-8-15(13(2,3)9-17-10)12(16)11-4-6-14-7-5-11/h4-7,10H,8-9H2,1-3H3. The number of amides is 1. The minimum Gasteiger partial charge on any atom is -0.374 e. The number of carbonyl (C=O) groups is 1. The van der Waals surface area contributed by atoms with E-state index >= 15 is 0 Å². The van der Waals surface area contributed by atoms with Crippen molar-refractivity contribution in [3.63, 3.8) is 0 Å². The fourth-order valence-electron chi connectivity index (χ4n) is 1.99. The predicted octanol–water partition coefficient (Wildman–Crippen LogP) is 1.72. The molecule has 0 aromatic carbocycles. The number of rotatable bonds is 1. The fraction of sp³-hybridized carbons (Fsp3) is 0.538. The molecule has 0 saturated carbocycles. The Bertz CT molecular complexity index is 403. The molecule has 0 spiro atoms. The van der Waals surface area contributed by atoms with Crippen LogP contribution in [0.15, 0.2) is 24.5 Å². The van der Waals surface area contributed by atoms with Crippen LogP contribution in [0, 0.1) is 0 Å². The Morgan fingerprint density at radius 1 is 1.47 bits per heavy atom. The molecule has 1 saturated heterocycles. The van der Waals surface area contributed by atoms with Crippen molar-refractivity contribution in [2.45, 2.75) is 32.4 Å². The van der Waals surface area contributed by atoms with E-state index < -0.39 is 0 Å². The van der Waals surface area contributed by atoms with Gasteiger partial charge in [0, 0.05) is 24.5 Å². The van der Waals surface area contributed by atoms with E-state index in [0.717, 1.165) is 0 Å². The quantitative estimate of drug-likeness (QED) is 0.743. The number of hydrogen-bond donors (Lipinski definition) is 0. The number of ether oxygens (including phenoxy) is 1. The Labute approximate surface area is 102 Å². The van der Waals surface area contributed by atoms with Crippen LogP contribution in [0.4, 0.5) is 0 Å². The summed E-state index contributed by atoms with van der Waals surface area (Å²) in [6, 6.07) is 3.50. The van der Waals surface area contributed by atoms with Crippen LogP contribution < -0.4 is 0 Å². The lowest BCUT2D eigenvalue weighted by atomic mass is 9.99. The van der Waals surface area contributed by atoms with Crippen LogP contribution in [0.25, 0.3) is 0 Å². The third kappa shape index (κ3) is 2.47. The van der Waals surface area contributed by atoms with Gasteiger partial charge in [0.1, 0.15) is 0 Å². The predicted molar refractivity (Wildman–Crippen MR) is 64.8 cm³/mol. The summed E-state index contributed by atoms with van der Waals surface area (Å²) < 4.78 is 5.60. The van der Waals surface area contributed by atoms with Gasteiger partial charge in [-0.05, 0) is 32.9 Å². The third-order valence-corrected chi connectivity index (χ3v) is 3.06. The summed E-state index contributed by atoms with van der Waals surface area (Å²) in [7, 11) is 0. The summed E-state index contributed by atoms with van der Waals surface area (Å²) in [4.78, 5) is 18.2. The average molecular weight is 234 g/mol. The van der Waals surface area contributed by atoms with Gasteiger partial charge >= 0.3 is 0 Å². The molecule has 0 N–H and O–H groups in total. The van der Waals surface area contributed by atoms with Crippen LogP contribution >= 0.6 is 0 Å². The van der Waals surface area contributed by atoms with Gasteiger partial charge in [-0.3, -0.25) is 9.78 Å². The van der Waals surface area contributed by atoms with Gasteiger partial charge < -0.3 is 9.64 Å². The first kappa shape index (κ1) is 12.0. The Hall–Kier alpha value is -1.42. The Morgan fingerprint density at radius 3 is 2.76 bits per heavy atom. The molecule has 1 fully saturated rings. The minimum atomic E-state index is -0.257. The molecule has 2 rings (SSSR count). The molecule has 1 unspecified atom stereocenters. The summed E-state index contributed by atoms with van der Waals surface area (Å²) in [6.45, 7) is 7.25. The van der Waals surface area contributed by atoms with E-state index in [-0.39, 0.29) is 17.6 Å². The smallest absolute Gasteiger partial charge is 0.254 e. The van der Waals surface area contributed by atoms with Crippen LogP contribution in [-0.2, 0) is 4.74 Å². The molecule has 0 bridgehead atoms. The lowest BCUT2D eigenvalue weighted by Crippen LogP contribution is -2.57. The SMILES string of the molecule is CC1CN(C(=O)c2ccncc2)C(C)(C)CO1. The van der Waals surface area contributed by atoms with Crippen molar-refractivity contribution in [2.75, 3.05) is 13.2 Å². The van der Waals surface area contributed by atoms with Crippen molar-refractivity contribution in [3.8, 4) is 0 Å². The largest absolute Gasteiger partial charge is 0.374 e. The van der Waals surface area contributed by atoms with Crippen LogP contribution in [0.5, 0.6) is 0 Å². The van der Waals surface area contributed by atoms with Crippen LogP contribution in [0.3, 0.4) is 0 Å². The molecule has 1 amide bonds. The first-order valence-corrected chi connectivity index (χ1v) is 5.84. The zero-order valence-electron chi connectivity index (χ0n) is 10.5. The number of carbonyl (C=O) groups excluding carboxylic acids is 1. The molecule has 0 aliphatic carbocycles. The monoisotopic (exact) mass is 234 g/mol. The number of hydrogen-bond acceptors (Lipinski definition) is 3. The van der Waals surface area contributed by atoms with Crippen molar-refractivity contribution in [1.82, 2.24) is 9.88 Å². The van der Waals surface area contributed by atoms with E-state index in [4.69, 9.17) is 4.74 Å². The molecule has 1 atom stereocenters. The summed E-state index contributed by atoms with van der Waals surface area (Å²) in [6.07, 6.45) is 3.38. The number of morpholine rings is 1. The highest BCUT2D eigenvalue weighted by molar-refractivity contribution is 5.94. The van der Waals surface area contributed by atoms with Crippen molar-refractivity contribution in [1.29, 1.82) is 0 Å². The number of pyridine rings is 1. The lowest BCUT2D eigenvalue weighted by molar-refractivity contribution is -0.0755. The van der Waals surface area contributed by atoms with Crippen molar-refractivity contribution < 1.29 is 9.53 Å². The van der Waals surface area contributed by atoms with Gasteiger partial charge in [-0.15, -0.1) is 0 Å². The summed E-state index contributed by atoms with van der Waals surface area (Å²) >= 11 is 0. The first-order chi connectivity index (χ1) is 8.00. The summed E-state index contributed by atoms with van der Waals surface area (Å²) in [5.74, 6) is 0.0487. The molecule has 4 heteroatoms. The van der Waals surface area contributed by atoms with Crippen molar-refractivity contribution in [3.05, 3.63) is 30.1 Å². The maximum absolute atomic E-state index is 12.4. The molecule has 1 aromatic heterocycles. The zero-order valence-corrected chi connectivity index (χ0v) is 10.5. The highest BCUT2D eigenvalue weighted by Gasteiger charge is 2.36. The van der Waals surface area contributed by atoms with Gasteiger partial charge in [-0.1, -0.05) is 0 Å². The molecule has 1 aromatic rings. The zero-order chi connectivity index (χ0) is 12.5. The Balaban J connectivity index is 2.23. The van der Waals surface area contributed by atoms with Crippen LogP contribution in [0.2, 0.25) is 0 Å². The summed E-state index contributed by atoms with van der Waals surface area (Å²) in [5, 5.41) is 0. The maximum Gasteiger partial charge on any atom is 0.254 e. The highest BCUT2D eigenvalue weighted by atomic mass is 16.5. The van der Waals surface area contributed by atoms with Gasteiger partial charge in [0.25, 0.3) is 5.91 Å². The van der Waals surface area contributed by atoms with Crippen molar-refractivity contribution >= 4 is 5.91 Å². The number of aromatic nitrogens is 1. The molecule has 92 valence electrons. The van der Waals surface area contributed by atoms with E-state index in [0.29, 0.717) is 18.7 Å². The molecular formula is C13H18N2O2. The lowest BCUT2D eigenvalue weighted by Gasteiger charge is -2.44. The van der Waals surface area contributed by atoms with Gasteiger partial charge in [0.2, 0.25) is 0 Å². The van der Waals surface area contributed by atoms with Gasteiger partial charge in [0.15, 0.2) is 0 Å². The minimum absolute atomic E-state index is 0.0487. The van der Waals surface area contributed by atoms with E-state index in [2.05, 4.69) is 4.98 Å². The molecule has 1 aliphatic heterocycles. The third-order valence-electron chi connectivity index (χ3n) is 3.06. The molecule has 1 aliphatic rings. The van der Waals surface area contributed by atoms with E-state index in [1.807, 2.05) is 25.7 Å². The van der Waals surface area contributed by atoms with Gasteiger partial charge in [-0.2, -0.15) is 0 Å². The highest BCUT2D eigenvalue weighted by Crippen LogP contribution is 2.23. The molecule has 17 heavy (non-hydrogen) atoms. The fourth-order valence-corrected chi connectivity index (χ4v) is 1.99.